The first-order valence-electron chi connectivity index (χ1n) is 7.48. The Morgan fingerprint density at radius 3 is 2.71 bits per heavy atom. The van der Waals surface area contributed by atoms with Crippen LogP contribution in [0.4, 0.5) is 5.82 Å². The van der Waals surface area contributed by atoms with Crippen LogP contribution < -0.4 is 10.1 Å². The van der Waals surface area contributed by atoms with Crippen LogP contribution in [0.1, 0.15) is 52.4 Å². The van der Waals surface area contributed by atoms with Crippen molar-refractivity contribution in [1.29, 1.82) is 0 Å². The summed E-state index contributed by atoms with van der Waals surface area (Å²) < 4.78 is 5.53. The second-order valence-corrected chi connectivity index (χ2v) is 5.95. The Hall–Kier alpha value is -1.85. The number of carbonyl (C=O) groups is 1. The molecule has 1 aliphatic carbocycles. The van der Waals surface area contributed by atoms with Crippen LogP contribution in [-0.2, 0) is 4.79 Å². The van der Waals surface area contributed by atoms with Crippen molar-refractivity contribution in [3.05, 3.63) is 12.4 Å². The van der Waals surface area contributed by atoms with Gasteiger partial charge < -0.3 is 15.2 Å². The van der Waals surface area contributed by atoms with Crippen molar-refractivity contribution < 1.29 is 14.6 Å². The van der Waals surface area contributed by atoms with Crippen LogP contribution in [0.2, 0.25) is 0 Å². The predicted octanol–water partition coefficient (Wildman–Crippen LogP) is 2.85. The number of rotatable bonds is 6. The van der Waals surface area contributed by atoms with E-state index in [1.807, 2.05) is 13.8 Å². The maximum Gasteiger partial charge on any atom is 0.305 e. The van der Waals surface area contributed by atoms with E-state index in [1.54, 1.807) is 12.4 Å². The van der Waals surface area contributed by atoms with Crippen molar-refractivity contribution in [2.75, 3.05) is 5.32 Å². The highest BCUT2D eigenvalue weighted by atomic mass is 16.5. The number of carboxylic acid groups (broad SMARTS) is 1. The number of ether oxygens (including phenoxy) is 1. The maximum absolute atomic E-state index is 11.2. The molecular weight excluding hydrogens is 270 g/mol. The predicted molar refractivity (Wildman–Crippen MR) is 79.5 cm³/mol. The highest BCUT2D eigenvalue weighted by molar-refractivity contribution is 5.69. The van der Waals surface area contributed by atoms with Gasteiger partial charge in [-0.1, -0.05) is 19.3 Å². The Balaban J connectivity index is 2.14. The van der Waals surface area contributed by atoms with Crippen molar-refractivity contribution in [2.45, 2.75) is 64.0 Å². The van der Waals surface area contributed by atoms with Crippen molar-refractivity contribution in [2.24, 2.45) is 0 Å². The number of carboxylic acids is 1. The zero-order valence-electron chi connectivity index (χ0n) is 12.6. The van der Waals surface area contributed by atoms with Crippen LogP contribution in [0.25, 0.3) is 0 Å². The lowest BCUT2D eigenvalue weighted by atomic mass is 9.79. The van der Waals surface area contributed by atoms with Crippen molar-refractivity contribution in [3.8, 4) is 5.88 Å². The normalized spacial score (nSPS) is 17.5. The molecule has 0 radical (unpaired) electrons. The third-order valence-corrected chi connectivity index (χ3v) is 3.66. The SMILES string of the molecule is CC(C)Oc1cncc(NC2(CC(=O)O)CCCCC2)n1. The molecule has 6 nitrogen and oxygen atoms in total. The van der Waals surface area contributed by atoms with Gasteiger partial charge in [-0.2, -0.15) is 4.98 Å². The van der Waals surface area contributed by atoms with Gasteiger partial charge in [-0.25, -0.2) is 0 Å². The fourth-order valence-corrected chi connectivity index (χ4v) is 2.84. The molecule has 1 aliphatic rings. The number of nitrogens with zero attached hydrogens (tertiary/aromatic N) is 2. The first-order valence-corrected chi connectivity index (χ1v) is 7.48. The summed E-state index contributed by atoms with van der Waals surface area (Å²) in [6, 6.07) is 0. The molecule has 0 unspecified atom stereocenters. The van der Waals surface area contributed by atoms with E-state index in [4.69, 9.17) is 4.74 Å². The van der Waals surface area contributed by atoms with Crippen molar-refractivity contribution in [3.63, 3.8) is 0 Å². The van der Waals surface area contributed by atoms with Gasteiger partial charge in [0.25, 0.3) is 0 Å². The van der Waals surface area contributed by atoms with Gasteiger partial charge in [0, 0.05) is 5.54 Å². The summed E-state index contributed by atoms with van der Waals surface area (Å²) in [5, 5.41) is 12.5. The van der Waals surface area contributed by atoms with E-state index in [0.29, 0.717) is 11.7 Å². The molecule has 0 saturated heterocycles. The molecular formula is C15H23N3O3. The van der Waals surface area contributed by atoms with Crippen molar-refractivity contribution in [1.82, 2.24) is 9.97 Å². The Labute approximate surface area is 124 Å². The second-order valence-electron chi connectivity index (χ2n) is 5.95. The zero-order chi connectivity index (χ0) is 15.3. The summed E-state index contributed by atoms with van der Waals surface area (Å²) in [7, 11) is 0. The molecule has 0 aromatic carbocycles. The van der Waals surface area contributed by atoms with E-state index in [2.05, 4.69) is 15.3 Å². The van der Waals surface area contributed by atoms with Gasteiger partial charge in [0.15, 0.2) is 0 Å². The van der Waals surface area contributed by atoms with E-state index in [9.17, 15) is 9.90 Å². The maximum atomic E-state index is 11.2. The Bertz CT molecular complexity index is 485. The summed E-state index contributed by atoms with van der Waals surface area (Å²) in [5.74, 6) is 0.250. The van der Waals surface area contributed by atoms with E-state index in [0.717, 1.165) is 32.1 Å². The number of aromatic nitrogens is 2. The molecule has 1 aromatic rings. The summed E-state index contributed by atoms with van der Waals surface area (Å²) in [6.45, 7) is 3.85. The monoisotopic (exact) mass is 293 g/mol. The molecule has 1 heterocycles. The largest absolute Gasteiger partial charge is 0.481 e. The van der Waals surface area contributed by atoms with Crippen LogP contribution in [-0.4, -0.2) is 32.7 Å². The van der Waals surface area contributed by atoms with Crippen LogP contribution in [0.5, 0.6) is 5.88 Å². The first-order chi connectivity index (χ1) is 9.99. The fraction of sp³-hybridized carbons (Fsp3) is 0.667. The minimum atomic E-state index is -0.785. The lowest BCUT2D eigenvalue weighted by Crippen LogP contribution is -2.42. The molecule has 0 spiro atoms. The molecule has 1 fully saturated rings. The third-order valence-electron chi connectivity index (χ3n) is 3.66. The minimum absolute atomic E-state index is 0.0252. The van der Waals surface area contributed by atoms with Gasteiger partial charge in [-0.05, 0) is 26.7 Å². The van der Waals surface area contributed by atoms with E-state index in [-0.39, 0.29) is 12.5 Å². The van der Waals surface area contributed by atoms with Gasteiger partial charge in [0.2, 0.25) is 5.88 Å². The van der Waals surface area contributed by atoms with E-state index >= 15 is 0 Å². The molecule has 1 saturated carbocycles. The molecule has 2 rings (SSSR count). The smallest absolute Gasteiger partial charge is 0.305 e. The van der Waals surface area contributed by atoms with Gasteiger partial charge in [-0.3, -0.25) is 9.78 Å². The van der Waals surface area contributed by atoms with Crippen molar-refractivity contribution >= 4 is 11.8 Å². The van der Waals surface area contributed by atoms with Crippen LogP contribution in [0, 0.1) is 0 Å². The molecule has 1 aromatic heterocycles. The quantitative estimate of drug-likeness (QED) is 0.839. The number of aliphatic carboxylic acids is 1. The fourth-order valence-electron chi connectivity index (χ4n) is 2.84. The summed E-state index contributed by atoms with van der Waals surface area (Å²) in [6.07, 6.45) is 8.23. The molecule has 116 valence electrons. The topological polar surface area (TPSA) is 84.3 Å². The Morgan fingerprint density at radius 2 is 2.10 bits per heavy atom. The minimum Gasteiger partial charge on any atom is -0.481 e. The third kappa shape index (κ3) is 4.58. The number of nitrogens with one attached hydrogen (secondary N) is 1. The average Bonchev–Trinajstić information content (AvgIpc) is 2.38. The highest BCUT2D eigenvalue weighted by Crippen LogP contribution is 2.34. The zero-order valence-corrected chi connectivity index (χ0v) is 12.6. The summed E-state index contributed by atoms with van der Waals surface area (Å²) >= 11 is 0. The number of anilines is 1. The standard InChI is InChI=1S/C15H23N3O3/c1-11(2)21-13-10-16-9-12(17-13)18-15(8-14(19)20)6-4-3-5-7-15/h9-11H,3-8H2,1-2H3,(H,17,18)(H,19,20). The number of hydrogen-bond donors (Lipinski definition) is 2. The lowest BCUT2D eigenvalue weighted by molar-refractivity contribution is -0.138. The molecule has 0 aliphatic heterocycles. The van der Waals surface area contributed by atoms with Gasteiger partial charge >= 0.3 is 5.97 Å². The van der Waals surface area contributed by atoms with Crippen LogP contribution in [0.15, 0.2) is 12.4 Å². The summed E-state index contributed by atoms with van der Waals surface area (Å²) in [4.78, 5) is 19.7. The first kappa shape index (κ1) is 15.5. The molecule has 0 bridgehead atoms. The van der Waals surface area contributed by atoms with E-state index in [1.165, 1.54) is 0 Å². The highest BCUT2D eigenvalue weighted by Gasteiger charge is 2.34. The van der Waals surface area contributed by atoms with Gasteiger partial charge in [0.1, 0.15) is 5.82 Å². The van der Waals surface area contributed by atoms with Crippen LogP contribution >= 0.6 is 0 Å². The molecule has 21 heavy (non-hydrogen) atoms. The van der Waals surface area contributed by atoms with E-state index < -0.39 is 11.5 Å². The molecule has 6 heteroatoms. The molecule has 0 atom stereocenters. The molecule has 0 amide bonds. The average molecular weight is 293 g/mol. The second kappa shape index (κ2) is 6.74. The molecule has 2 N–H and O–H groups in total. The number of hydrogen-bond acceptors (Lipinski definition) is 5. The Kier molecular flexibility index (Phi) is 4.98. The summed E-state index contributed by atoms with van der Waals surface area (Å²) in [5.41, 5.74) is -0.421. The lowest BCUT2D eigenvalue weighted by Gasteiger charge is -2.37. The van der Waals surface area contributed by atoms with Gasteiger partial charge in [-0.15, -0.1) is 0 Å². The van der Waals surface area contributed by atoms with Crippen LogP contribution in [0.3, 0.4) is 0 Å². The Morgan fingerprint density at radius 1 is 1.38 bits per heavy atom. The van der Waals surface area contributed by atoms with Gasteiger partial charge in [0.05, 0.1) is 24.9 Å².